The van der Waals surface area contributed by atoms with Crippen molar-refractivity contribution in [2.45, 2.75) is 38.1 Å². The maximum atomic E-state index is 5.14. The van der Waals surface area contributed by atoms with Crippen LogP contribution in [-0.2, 0) is 6.54 Å². The number of thioether (sulfide) groups is 1. The zero-order valence-electron chi connectivity index (χ0n) is 8.62. The van der Waals surface area contributed by atoms with Gasteiger partial charge >= 0.3 is 0 Å². The largest absolute Gasteiger partial charge is 0.360 e. The molecule has 2 atom stereocenters. The molecule has 78 valence electrons. The molecule has 0 radical (unpaired) electrons. The van der Waals surface area contributed by atoms with Crippen LogP contribution in [0.15, 0.2) is 10.6 Å². The van der Waals surface area contributed by atoms with Gasteiger partial charge in [-0.1, -0.05) is 12.1 Å². The molecule has 2 unspecified atom stereocenters. The molecule has 2 rings (SSSR count). The summed E-state index contributed by atoms with van der Waals surface area (Å²) in [5.41, 5.74) is 0.954. The Balaban J connectivity index is 1.82. The predicted octanol–water partition coefficient (Wildman–Crippen LogP) is 1.97. The SMILES string of the molecule is Cc1cc(CNC2CCSC2C)on1. The zero-order valence-corrected chi connectivity index (χ0v) is 9.43. The van der Waals surface area contributed by atoms with Crippen LogP contribution < -0.4 is 5.32 Å². The van der Waals surface area contributed by atoms with Crippen LogP contribution in [0.2, 0.25) is 0 Å². The molecule has 0 amide bonds. The molecular formula is C10H16N2OS. The van der Waals surface area contributed by atoms with Gasteiger partial charge in [-0.05, 0) is 19.1 Å². The Morgan fingerprint density at radius 1 is 1.71 bits per heavy atom. The van der Waals surface area contributed by atoms with Gasteiger partial charge in [-0.2, -0.15) is 11.8 Å². The van der Waals surface area contributed by atoms with Crippen molar-refractivity contribution < 1.29 is 4.52 Å². The fourth-order valence-electron chi connectivity index (χ4n) is 1.73. The van der Waals surface area contributed by atoms with Gasteiger partial charge in [0.25, 0.3) is 0 Å². The van der Waals surface area contributed by atoms with Crippen molar-refractivity contribution in [1.29, 1.82) is 0 Å². The molecule has 0 spiro atoms. The fourth-order valence-corrected chi connectivity index (χ4v) is 2.96. The van der Waals surface area contributed by atoms with E-state index in [1.807, 2.05) is 24.8 Å². The Kier molecular flexibility index (Phi) is 3.13. The number of hydrogen-bond donors (Lipinski definition) is 1. The van der Waals surface area contributed by atoms with Crippen LogP contribution in [0.5, 0.6) is 0 Å². The summed E-state index contributed by atoms with van der Waals surface area (Å²) in [5.74, 6) is 2.21. The lowest BCUT2D eigenvalue weighted by molar-refractivity contribution is 0.359. The molecule has 0 aromatic carbocycles. The number of aromatic nitrogens is 1. The van der Waals surface area contributed by atoms with Gasteiger partial charge in [-0.3, -0.25) is 0 Å². The molecule has 1 N–H and O–H groups in total. The van der Waals surface area contributed by atoms with Gasteiger partial charge in [0.2, 0.25) is 0 Å². The third kappa shape index (κ3) is 2.30. The standard InChI is InChI=1S/C10H16N2OS/c1-7-5-9(13-12-7)6-11-10-3-4-14-8(10)2/h5,8,10-11H,3-4,6H2,1-2H3. The highest BCUT2D eigenvalue weighted by molar-refractivity contribution is 8.00. The van der Waals surface area contributed by atoms with Crippen molar-refractivity contribution in [1.82, 2.24) is 10.5 Å². The van der Waals surface area contributed by atoms with Crippen LogP contribution in [0.3, 0.4) is 0 Å². The lowest BCUT2D eigenvalue weighted by Gasteiger charge is -2.14. The molecule has 4 heteroatoms. The van der Waals surface area contributed by atoms with Crippen LogP contribution in [-0.4, -0.2) is 22.2 Å². The van der Waals surface area contributed by atoms with Crippen molar-refractivity contribution in [3.05, 3.63) is 17.5 Å². The van der Waals surface area contributed by atoms with E-state index in [2.05, 4.69) is 17.4 Å². The summed E-state index contributed by atoms with van der Waals surface area (Å²) >= 11 is 2.04. The summed E-state index contributed by atoms with van der Waals surface area (Å²) in [6, 6.07) is 2.62. The average molecular weight is 212 g/mol. The second kappa shape index (κ2) is 4.36. The van der Waals surface area contributed by atoms with Gasteiger partial charge in [0.1, 0.15) is 0 Å². The van der Waals surface area contributed by atoms with E-state index in [0.29, 0.717) is 6.04 Å². The topological polar surface area (TPSA) is 38.1 Å². The molecule has 1 aromatic rings. The first kappa shape index (κ1) is 10.1. The van der Waals surface area contributed by atoms with Crippen LogP contribution in [0.25, 0.3) is 0 Å². The van der Waals surface area contributed by atoms with E-state index in [9.17, 15) is 0 Å². The number of nitrogens with one attached hydrogen (secondary N) is 1. The molecule has 1 saturated heterocycles. The van der Waals surface area contributed by atoms with E-state index >= 15 is 0 Å². The fraction of sp³-hybridized carbons (Fsp3) is 0.700. The smallest absolute Gasteiger partial charge is 0.150 e. The summed E-state index contributed by atoms with van der Waals surface area (Å²) < 4.78 is 5.14. The summed E-state index contributed by atoms with van der Waals surface area (Å²) in [7, 11) is 0. The Morgan fingerprint density at radius 3 is 3.14 bits per heavy atom. The van der Waals surface area contributed by atoms with Crippen LogP contribution in [0.1, 0.15) is 24.8 Å². The Bertz CT molecular complexity index is 300. The molecule has 1 aliphatic rings. The molecule has 1 fully saturated rings. The van der Waals surface area contributed by atoms with E-state index in [0.717, 1.165) is 23.2 Å². The van der Waals surface area contributed by atoms with E-state index in [1.54, 1.807) is 0 Å². The summed E-state index contributed by atoms with van der Waals surface area (Å²) in [5, 5.41) is 8.09. The normalized spacial score (nSPS) is 27.0. The second-order valence-corrected chi connectivity index (χ2v) is 5.27. The second-order valence-electron chi connectivity index (χ2n) is 3.79. The van der Waals surface area contributed by atoms with Gasteiger partial charge < -0.3 is 9.84 Å². The average Bonchev–Trinajstić information content (AvgIpc) is 2.72. The third-order valence-corrected chi connectivity index (χ3v) is 3.92. The highest BCUT2D eigenvalue weighted by Gasteiger charge is 2.23. The van der Waals surface area contributed by atoms with E-state index in [-0.39, 0.29) is 0 Å². The lowest BCUT2D eigenvalue weighted by atomic mass is 10.2. The minimum Gasteiger partial charge on any atom is -0.360 e. The van der Waals surface area contributed by atoms with Gasteiger partial charge in [0.15, 0.2) is 5.76 Å². The molecule has 3 nitrogen and oxygen atoms in total. The number of rotatable bonds is 3. The highest BCUT2D eigenvalue weighted by Crippen LogP contribution is 2.26. The summed E-state index contributed by atoms with van der Waals surface area (Å²) in [4.78, 5) is 0. The number of aryl methyl sites for hydroxylation is 1. The van der Waals surface area contributed by atoms with Crippen molar-refractivity contribution in [2.24, 2.45) is 0 Å². The maximum Gasteiger partial charge on any atom is 0.150 e. The van der Waals surface area contributed by atoms with Crippen molar-refractivity contribution in [3.8, 4) is 0 Å². The van der Waals surface area contributed by atoms with Crippen molar-refractivity contribution in [3.63, 3.8) is 0 Å². The minimum atomic E-state index is 0.630. The van der Waals surface area contributed by atoms with Crippen molar-refractivity contribution in [2.75, 3.05) is 5.75 Å². The molecule has 0 bridgehead atoms. The Hall–Kier alpha value is -0.480. The number of hydrogen-bond acceptors (Lipinski definition) is 4. The van der Waals surface area contributed by atoms with E-state index in [1.165, 1.54) is 12.2 Å². The Labute approximate surface area is 88.6 Å². The number of nitrogens with zero attached hydrogens (tertiary/aromatic N) is 1. The summed E-state index contributed by atoms with van der Waals surface area (Å²) in [6.45, 7) is 5.03. The third-order valence-electron chi connectivity index (χ3n) is 2.59. The summed E-state index contributed by atoms with van der Waals surface area (Å²) in [6.07, 6.45) is 1.26. The van der Waals surface area contributed by atoms with Crippen LogP contribution in [0.4, 0.5) is 0 Å². The van der Waals surface area contributed by atoms with Crippen molar-refractivity contribution >= 4 is 11.8 Å². The monoisotopic (exact) mass is 212 g/mol. The first-order valence-corrected chi connectivity index (χ1v) is 6.08. The van der Waals surface area contributed by atoms with Gasteiger partial charge in [0.05, 0.1) is 12.2 Å². The minimum absolute atomic E-state index is 0.630. The quantitative estimate of drug-likeness (QED) is 0.831. The molecule has 14 heavy (non-hydrogen) atoms. The molecule has 0 saturated carbocycles. The van der Waals surface area contributed by atoms with E-state index < -0.39 is 0 Å². The first-order chi connectivity index (χ1) is 6.75. The molecule has 2 heterocycles. The molecular weight excluding hydrogens is 196 g/mol. The van der Waals surface area contributed by atoms with Gasteiger partial charge in [-0.25, -0.2) is 0 Å². The van der Waals surface area contributed by atoms with Gasteiger partial charge in [0, 0.05) is 17.4 Å². The van der Waals surface area contributed by atoms with Gasteiger partial charge in [-0.15, -0.1) is 0 Å². The Morgan fingerprint density at radius 2 is 2.57 bits per heavy atom. The van der Waals surface area contributed by atoms with E-state index in [4.69, 9.17) is 4.52 Å². The molecule has 1 aliphatic heterocycles. The maximum absolute atomic E-state index is 5.14. The molecule has 1 aromatic heterocycles. The highest BCUT2D eigenvalue weighted by atomic mass is 32.2. The zero-order chi connectivity index (χ0) is 9.97. The predicted molar refractivity (Wildman–Crippen MR) is 58.4 cm³/mol. The van der Waals surface area contributed by atoms with Crippen LogP contribution in [0, 0.1) is 6.92 Å². The lowest BCUT2D eigenvalue weighted by Crippen LogP contribution is -2.32. The van der Waals surface area contributed by atoms with Crippen LogP contribution >= 0.6 is 11.8 Å². The molecule has 0 aliphatic carbocycles. The first-order valence-electron chi connectivity index (χ1n) is 5.03.